The zero-order valence-corrected chi connectivity index (χ0v) is 27.5. The molecule has 4 N–H and O–H groups in total. The van der Waals surface area contributed by atoms with Crippen molar-refractivity contribution in [1.82, 2.24) is 20.5 Å². The monoisotopic (exact) mass is 643 g/mol. The van der Waals surface area contributed by atoms with Crippen LogP contribution in [0.4, 0.5) is 17.1 Å². The van der Waals surface area contributed by atoms with Gasteiger partial charge in [-0.3, -0.25) is 24.7 Å². The van der Waals surface area contributed by atoms with E-state index in [2.05, 4.69) is 26.0 Å². The molecule has 0 aliphatic carbocycles. The van der Waals surface area contributed by atoms with Gasteiger partial charge in [-0.1, -0.05) is 57.2 Å². The number of ketones is 1. The molecule has 13 heteroatoms. The number of carbonyl (C=O) groups excluding carboxylic acids is 2. The number of anilines is 3. The van der Waals surface area contributed by atoms with E-state index in [-0.39, 0.29) is 22.6 Å². The Labute approximate surface area is 268 Å². The topological polar surface area (TPSA) is 147 Å². The molecule has 4 aromatic rings. The summed E-state index contributed by atoms with van der Waals surface area (Å²) in [6, 6.07) is 17.7. The summed E-state index contributed by atoms with van der Waals surface area (Å²) >= 11 is 0. The summed E-state index contributed by atoms with van der Waals surface area (Å²) < 4.78 is 34.0. The fraction of sp³-hybridized carbons (Fsp3) is 0.242. The molecule has 46 heavy (non-hydrogen) atoms. The fourth-order valence-corrected chi connectivity index (χ4v) is 5.57. The second kappa shape index (κ2) is 12.3. The molecule has 1 aliphatic heterocycles. The van der Waals surface area contributed by atoms with E-state index in [1.54, 1.807) is 59.2 Å². The van der Waals surface area contributed by atoms with Gasteiger partial charge in [0, 0.05) is 18.2 Å². The second-order valence-corrected chi connectivity index (χ2v) is 13.8. The van der Waals surface area contributed by atoms with Gasteiger partial charge < -0.3 is 14.6 Å². The lowest BCUT2D eigenvalue weighted by Crippen LogP contribution is -2.36. The van der Waals surface area contributed by atoms with Crippen molar-refractivity contribution in [2.24, 2.45) is 7.05 Å². The minimum Gasteiger partial charge on any atom is -0.492 e. The zero-order valence-electron chi connectivity index (χ0n) is 26.7. The maximum Gasteiger partial charge on any atom is 0.255 e. The number of imidazole rings is 1. The molecule has 2 heterocycles. The van der Waals surface area contributed by atoms with E-state index in [0.717, 1.165) is 17.4 Å². The van der Waals surface area contributed by atoms with Gasteiger partial charge in [0.05, 0.1) is 54.2 Å². The van der Waals surface area contributed by atoms with Crippen molar-refractivity contribution in [1.29, 1.82) is 0 Å². The van der Waals surface area contributed by atoms with Gasteiger partial charge >= 0.3 is 0 Å². The van der Waals surface area contributed by atoms with Gasteiger partial charge in [-0.05, 0) is 47.7 Å². The minimum atomic E-state index is -3.62. The molecular formula is C33H37N7O5S. The number of hydrogen-bond acceptors (Lipinski definition) is 9. The molecule has 0 radical (unpaired) electrons. The Bertz CT molecular complexity index is 1960. The van der Waals surface area contributed by atoms with E-state index < -0.39 is 15.9 Å². The van der Waals surface area contributed by atoms with Crippen LogP contribution >= 0.6 is 0 Å². The van der Waals surface area contributed by atoms with Crippen LogP contribution in [0.5, 0.6) is 5.75 Å². The van der Waals surface area contributed by atoms with Crippen molar-refractivity contribution in [3.63, 3.8) is 0 Å². The molecule has 0 saturated heterocycles. The molecule has 12 nitrogen and oxygen atoms in total. The Morgan fingerprint density at radius 3 is 2.33 bits per heavy atom. The van der Waals surface area contributed by atoms with Gasteiger partial charge in [-0.2, -0.15) is 0 Å². The van der Waals surface area contributed by atoms with Gasteiger partial charge in [0.2, 0.25) is 15.8 Å². The van der Waals surface area contributed by atoms with Crippen molar-refractivity contribution in [3.8, 4) is 5.75 Å². The lowest BCUT2D eigenvalue weighted by Gasteiger charge is -2.24. The van der Waals surface area contributed by atoms with Gasteiger partial charge in [0.25, 0.3) is 5.91 Å². The third-order valence-electron chi connectivity index (χ3n) is 7.51. The Morgan fingerprint density at radius 1 is 0.978 bits per heavy atom. The quantitative estimate of drug-likeness (QED) is 0.190. The maximum absolute atomic E-state index is 13.6. The third-order valence-corrected chi connectivity index (χ3v) is 8.10. The first-order valence-electron chi connectivity index (χ1n) is 14.4. The average molecular weight is 644 g/mol. The lowest BCUT2D eigenvalue weighted by atomic mass is 9.86. The zero-order chi connectivity index (χ0) is 33.4. The van der Waals surface area contributed by atoms with E-state index >= 15 is 0 Å². The summed E-state index contributed by atoms with van der Waals surface area (Å²) in [6.45, 7) is 7.89. The molecule has 0 atom stereocenters. The normalized spacial score (nSPS) is 13.2. The van der Waals surface area contributed by atoms with Crippen LogP contribution in [-0.4, -0.2) is 43.0 Å². The average Bonchev–Trinajstić information content (AvgIpc) is 3.62. The molecule has 0 fully saturated rings. The molecule has 5 rings (SSSR count). The Balaban J connectivity index is 1.43. The highest BCUT2D eigenvalue weighted by atomic mass is 32.2. The van der Waals surface area contributed by atoms with Crippen molar-refractivity contribution < 1.29 is 22.7 Å². The molecular weight excluding hydrogens is 606 g/mol. The first-order chi connectivity index (χ1) is 21.7. The number of benzene rings is 3. The highest BCUT2D eigenvalue weighted by molar-refractivity contribution is 7.92. The van der Waals surface area contributed by atoms with Gasteiger partial charge in [-0.25, -0.2) is 13.4 Å². The van der Waals surface area contributed by atoms with Gasteiger partial charge in [0.1, 0.15) is 0 Å². The molecule has 0 saturated carbocycles. The van der Waals surface area contributed by atoms with Crippen molar-refractivity contribution in [2.75, 3.05) is 28.4 Å². The van der Waals surface area contributed by atoms with Crippen molar-refractivity contribution in [3.05, 3.63) is 107 Å². The standard InChI is InChI=1S/C33H37N7O5S/c1-20-13-14-22(32(42)35-24-16-23(33(2,3)4)17-25(30(24)45-6)37-46(7,43)44)15-27(20)40-19-26(36-38-40)28-18-34-31(39(28)5)29(41)21-11-9-8-10-12-21/h8-19,36-38H,1-7H3,(H,35,42). The Morgan fingerprint density at radius 2 is 1.67 bits per heavy atom. The van der Waals surface area contributed by atoms with E-state index in [4.69, 9.17) is 4.74 Å². The summed E-state index contributed by atoms with van der Waals surface area (Å²) in [5, 5.41) is 4.65. The van der Waals surface area contributed by atoms with Crippen LogP contribution in [0.25, 0.3) is 5.70 Å². The van der Waals surface area contributed by atoms with Crippen LogP contribution in [-0.2, 0) is 22.5 Å². The summed E-state index contributed by atoms with van der Waals surface area (Å²) in [5.41, 5.74) is 11.1. The van der Waals surface area contributed by atoms with E-state index in [9.17, 15) is 18.0 Å². The number of carbonyl (C=O) groups is 2. The Hall–Kier alpha value is -5.14. The molecule has 1 aliphatic rings. The number of sulfonamides is 1. The number of amides is 1. The van der Waals surface area contributed by atoms with Crippen LogP contribution in [0.15, 0.2) is 73.1 Å². The number of nitrogens with zero attached hydrogens (tertiary/aromatic N) is 3. The summed E-state index contributed by atoms with van der Waals surface area (Å²) in [4.78, 5) is 31.0. The van der Waals surface area contributed by atoms with Gasteiger partial charge in [-0.15, -0.1) is 5.53 Å². The van der Waals surface area contributed by atoms with Crippen LogP contribution in [0.1, 0.15) is 64.1 Å². The number of nitrogens with one attached hydrogen (secondary N) is 4. The summed E-state index contributed by atoms with van der Waals surface area (Å²) in [5.74, 6) is -0.101. The van der Waals surface area contributed by atoms with Gasteiger partial charge in [0.15, 0.2) is 11.6 Å². The van der Waals surface area contributed by atoms with Crippen LogP contribution in [0.2, 0.25) is 0 Å². The number of aryl methyl sites for hydroxylation is 1. The molecule has 240 valence electrons. The van der Waals surface area contributed by atoms with Crippen LogP contribution in [0.3, 0.4) is 0 Å². The molecule has 0 bridgehead atoms. The molecule has 1 aromatic heterocycles. The van der Waals surface area contributed by atoms with Crippen LogP contribution < -0.4 is 30.7 Å². The Kier molecular flexibility index (Phi) is 8.65. The number of aromatic nitrogens is 2. The number of methoxy groups -OCH3 is 1. The summed E-state index contributed by atoms with van der Waals surface area (Å²) in [6.07, 6.45) is 4.50. The number of ether oxygens (including phenoxy) is 1. The minimum absolute atomic E-state index is 0.184. The first kappa shape index (κ1) is 32.3. The number of hydrazine groups is 2. The van der Waals surface area contributed by atoms with E-state index in [0.29, 0.717) is 39.7 Å². The number of hydrogen-bond donors (Lipinski definition) is 4. The van der Waals surface area contributed by atoms with E-state index in [1.165, 1.54) is 7.11 Å². The molecule has 0 unspecified atom stereocenters. The third kappa shape index (κ3) is 6.75. The second-order valence-electron chi connectivity index (χ2n) is 12.1. The maximum atomic E-state index is 13.6. The predicted octanol–water partition coefficient (Wildman–Crippen LogP) is 4.72. The first-order valence-corrected chi connectivity index (χ1v) is 16.3. The van der Waals surface area contributed by atoms with Crippen LogP contribution in [0, 0.1) is 6.92 Å². The largest absolute Gasteiger partial charge is 0.492 e. The van der Waals surface area contributed by atoms with Crippen molar-refractivity contribution in [2.45, 2.75) is 33.1 Å². The highest BCUT2D eigenvalue weighted by Crippen LogP contribution is 2.39. The lowest BCUT2D eigenvalue weighted by molar-refractivity contribution is 0.101. The number of rotatable bonds is 9. The molecule has 1 amide bonds. The highest BCUT2D eigenvalue weighted by Gasteiger charge is 2.25. The van der Waals surface area contributed by atoms with Crippen molar-refractivity contribution >= 4 is 44.5 Å². The fourth-order valence-electron chi connectivity index (χ4n) is 5.02. The van der Waals surface area contributed by atoms with E-state index in [1.807, 2.05) is 58.2 Å². The predicted molar refractivity (Wildman–Crippen MR) is 179 cm³/mol. The summed E-state index contributed by atoms with van der Waals surface area (Å²) in [7, 11) is -0.429. The molecule has 3 aromatic carbocycles. The SMILES string of the molecule is COc1c(NC(=O)c2ccc(C)c(N3C=C(c4cnc(C(=O)c5ccccc5)n4C)NN3)c2)cc(C(C)(C)C)cc1NS(C)(=O)=O. The smallest absolute Gasteiger partial charge is 0.255 e. The molecule has 0 spiro atoms.